The first-order valence-electron chi connectivity index (χ1n) is 8.46. The summed E-state index contributed by atoms with van der Waals surface area (Å²) in [7, 11) is 0. The maximum Gasteiger partial charge on any atom is 0.254 e. The molecule has 5 nitrogen and oxygen atoms in total. The summed E-state index contributed by atoms with van der Waals surface area (Å²) in [6.45, 7) is 0. The fourth-order valence-corrected chi connectivity index (χ4v) is 4.54. The molecular formula is C20H16N2O3. The quantitative estimate of drug-likeness (QED) is 0.522. The average Bonchev–Trinajstić information content (AvgIpc) is 3.29. The van der Waals surface area contributed by atoms with Gasteiger partial charge in [0.15, 0.2) is 0 Å². The molecule has 0 aromatic heterocycles. The zero-order chi connectivity index (χ0) is 17.1. The van der Waals surface area contributed by atoms with Crippen molar-refractivity contribution in [1.29, 1.82) is 0 Å². The van der Waals surface area contributed by atoms with Crippen molar-refractivity contribution in [2.45, 2.75) is 6.42 Å². The Bertz CT molecular complexity index is 948. The summed E-state index contributed by atoms with van der Waals surface area (Å²) in [5.41, 5.74) is 0.511. The molecule has 4 unspecified atom stereocenters. The van der Waals surface area contributed by atoms with Crippen LogP contribution in [0, 0.1) is 23.7 Å². The zero-order valence-corrected chi connectivity index (χ0v) is 13.4. The summed E-state index contributed by atoms with van der Waals surface area (Å²) in [4.78, 5) is 25.3. The Labute approximate surface area is 144 Å². The van der Waals surface area contributed by atoms with E-state index < -0.39 is 0 Å². The van der Waals surface area contributed by atoms with Crippen molar-refractivity contribution >= 4 is 28.8 Å². The van der Waals surface area contributed by atoms with Crippen LogP contribution in [0.5, 0.6) is 5.75 Å². The number of carbonyl (C=O) groups excluding carboxylic acids is 2. The Balaban J connectivity index is 1.52. The molecule has 0 spiro atoms. The van der Waals surface area contributed by atoms with Gasteiger partial charge in [0.25, 0.3) is 11.8 Å². The molecule has 5 heteroatoms. The van der Waals surface area contributed by atoms with Crippen LogP contribution in [-0.4, -0.2) is 28.1 Å². The summed E-state index contributed by atoms with van der Waals surface area (Å²) in [5, 5.41) is 17.1. The monoisotopic (exact) mass is 332 g/mol. The van der Waals surface area contributed by atoms with Gasteiger partial charge in [-0.2, -0.15) is 10.1 Å². The number of phenolic OH excluding ortho intramolecular Hbond substituents is 1. The highest BCUT2D eigenvalue weighted by Crippen LogP contribution is 2.52. The molecule has 1 saturated heterocycles. The van der Waals surface area contributed by atoms with Crippen molar-refractivity contribution in [1.82, 2.24) is 5.01 Å². The molecule has 1 aliphatic heterocycles. The first kappa shape index (κ1) is 14.4. The van der Waals surface area contributed by atoms with Crippen LogP contribution in [0.1, 0.15) is 12.0 Å². The lowest BCUT2D eigenvalue weighted by Crippen LogP contribution is -2.28. The summed E-state index contributed by atoms with van der Waals surface area (Å²) < 4.78 is 0. The van der Waals surface area contributed by atoms with Gasteiger partial charge in [0, 0.05) is 5.56 Å². The lowest BCUT2D eigenvalue weighted by atomic mass is 9.85. The van der Waals surface area contributed by atoms with Crippen LogP contribution in [0.25, 0.3) is 10.8 Å². The van der Waals surface area contributed by atoms with Crippen molar-refractivity contribution in [3.8, 4) is 5.75 Å². The number of hydrogen-bond acceptors (Lipinski definition) is 4. The Kier molecular flexibility index (Phi) is 2.89. The highest BCUT2D eigenvalue weighted by molar-refractivity contribution is 6.08. The first-order chi connectivity index (χ1) is 12.1. The van der Waals surface area contributed by atoms with Crippen LogP contribution in [0.2, 0.25) is 0 Å². The average molecular weight is 332 g/mol. The van der Waals surface area contributed by atoms with Gasteiger partial charge in [0.1, 0.15) is 5.75 Å². The number of allylic oxidation sites excluding steroid dienone is 2. The van der Waals surface area contributed by atoms with Crippen molar-refractivity contribution in [3.63, 3.8) is 0 Å². The van der Waals surface area contributed by atoms with Gasteiger partial charge in [0.05, 0.1) is 18.1 Å². The van der Waals surface area contributed by atoms with Crippen molar-refractivity contribution in [2.75, 3.05) is 0 Å². The van der Waals surface area contributed by atoms with E-state index in [-0.39, 0.29) is 41.2 Å². The van der Waals surface area contributed by atoms with Gasteiger partial charge in [-0.3, -0.25) is 9.59 Å². The molecule has 2 fully saturated rings. The van der Waals surface area contributed by atoms with Gasteiger partial charge in [-0.05, 0) is 35.1 Å². The molecule has 25 heavy (non-hydrogen) atoms. The topological polar surface area (TPSA) is 70.0 Å². The standard InChI is InChI=1S/C20H16N2O3/c23-16-8-7-11-3-1-2-4-14(11)15(16)10-21-22-19(24)17-12-5-6-13(9-12)18(17)20(22)25/h1-8,10,12-13,17-18,23H,9H2/b21-10+. The van der Waals surface area contributed by atoms with Gasteiger partial charge in [-0.25, -0.2) is 0 Å². The van der Waals surface area contributed by atoms with Gasteiger partial charge in [-0.15, -0.1) is 0 Å². The first-order valence-corrected chi connectivity index (χ1v) is 8.46. The van der Waals surface area contributed by atoms with E-state index in [2.05, 4.69) is 17.3 Å². The second-order valence-electron chi connectivity index (χ2n) is 6.95. The fraction of sp³-hybridized carbons (Fsp3) is 0.250. The molecule has 3 aliphatic rings. The summed E-state index contributed by atoms with van der Waals surface area (Å²) in [6, 6.07) is 11.0. The number of imide groups is 1. The number of benzene rings is 2. The zero-order valence-electron chi connectivity index (χ0n) is 13.4. The molecule has 2 aromatic carbocycles. The molecule has 0 radical (unpaired) electrons. The number of rotatable bonds is 2. The molecule has 124 valence electrons. The molecule has 5 rings (SSSR count). The van der Waals surface area contributed by atoms with E-state index in [0.717, 1.165) is 22.2 Å². The Morgan fingerprint density at radius 1 is 1.00 bits per heavy atom. The van der Waals surface area contributed by atoms with E-state index in [4.69, 9.17) is 0 Å². The largest absolute Gasteiger partial charge is 0.507 e. The normalized spacial score (nSPS) is 30.2. The minimum absolute atomic E-state index is 0.0727. The second kappa shape index (κ2) is 5.02. The van der Waals surface area contributed by atoms with E-state index in [0.29, 0.717) is 5.56 Å². The molecule has 2 amide bonds. The number of aromatic hydroxyl groups is 1. The minimum atomic E-state index is -0.263. The van der Waals surface area contributed by atoms with Gasteiger partial charge in [-0.1, -0.05) is 42.5 Å². The predicted molar refractivity (Wildman–Crippen MR) is 92.8 cm³/mol. The van der Waals surface area contributed by atoms with E-state index in [9.17, 15) is 14.7 Å². The van der Waals surface area contributed by atoms with Crippen LogP contribution >= 0.6 is 0 Å². The number of carbonyl (C=O) groups is 2. The molecule has 1 heterocycles. The lowest BCUT2D eigenvalue weighted by molar-refractivity contribution is -0.140. The number of hydrazone groups is 1. The minimum Gasteiger partial charge on any atom is -0.507 e. The van der Waals surface area contributed by atoms with Crippen LogP contribution in [0.3, 0.4) is 0 Å². The SMILES string of the molecule is O=C1C2C3C=CC(C3)C2C(=O)N1/N=C/c1c(O)ccc2ccccc12. The van der Waals surface area contributed by atoms with Crippen molar-refractivity contribution in [3.05, 3.63) is 54.1 Å². The van der Waals surface area contributed by atoms with Crippen LogP contribution in [-0.2, 0) is 9.59 Å². The highest BCUT2D eigenvalue weighted by Gasteiger charge is 2.59. The number of amides is 2. The summed E-state index contributed by atoms with van der Waals surface area (Å²) >= 11 is 0. The van der Waals surface area contributed by atoms with E-state index in [1.54, 1.807) is 6.07 Å². The van der Waals surface area contributed by atoms with Crippen LogP contribution in [0.15, 0.2) is 53.7 Å². The number of phenols is 1. The fourth-order valence-electron chi connectivity index (χ4n) is 4.54. The van der Waals surface area contributed by atoms with Gasteiger partial charge >= 0.3 is 0 Å². The molecule has 4 atom stereocenters. The number of fused-ring (bicyclic) bond motifs is 6. The molecular weight excluding hydrogens is 316 g/mol. The lowest BCUT2D eigenvalue weighted by Gasteiger charge is -2.13. The molecule has 2 aliphatic carbocycles. The Morgan fingerprint density at radius 2 is 1.68 bits per heavy atom. The van der Waals surface area contributed by atoms with Crippen molar-refractivity contribution < 1.29 is 14.7 Å². The van der Waals surface area contributed by atoms with Crippen LogP contribution in [0.4, 0.5) is 0 Å². The van der Waals surface area contributed by atoms with Gasteiger partial charge in [0.2, 0.25) is 0 Å². The van der Waals surface area contributed by atoms with E-state index >= 15 is 0 Å². The molecule has 1 saturated carbocycles. The smallest absolute Gasteiger partial charge is 0.254 e. The number of nitrogens with zero attached hydrogens (tertiary/aromatic N) is 2. The maximum absolute atomic E-state index is 12.7. The third-order valence-corrected chi connectivity index (χ3v) is 5.70. The summed E-state index contributed by atoms with van der Waals surface area (Å²) in [6.07, 6.45) is 6.43. The molecule has 2 bridgehead atoms. The molecule has 2 aromatic rings. The van der Waals surface area contributed by atoms with Crippen molar-refractivity contribution in [2.24, 2.45) is 28.8 Å². The van der Waals surface area contributed by atoms with E-state index in [1.165, 1.54) is 6.21 Å². The Hall–Kier alpha value is -2.95. The number of hydrogen-bond donors (Lipinski definition) is 1. The summed E-state index contributed by atoms with van der Waals surface area (Å²) in [5.74, 6) is -0.564. The third kappa shape index (κ3) is 1.92. The van der Waals surface area contributed by atoms with Crippen LogP contribution < -0.4 is 0 Å². The molecule has 1 N–H and O–H groups in total. The third-order valence-electron chi connectivity index (χ3n) is 5.70. The maximum atomic E-state index is 12.7. The Morgan fingerprint density at radius 3 is 2.40 bits per heavy atom. The highest BCUT2D eigenvalue weighted by atomic mass is 16.3. The van der Waals surface area contributed by atoms with Gasteiger partial charge < -0.3 is 5.11 Å². The van der Waals surface area contributed by atoms with E-state index in [1.807, 2.05) is 30.3 Å². The predicted octanol–water partition coefficient (Wildman–Crippen LogP) is 2.69. The second-order valence-corrected chi connectivity index (χ2v) is 6.95.